The van der Waals surface area contributed by atoms with Gasteiger partial charge in [-0.05, 0) is 49.2 Å². The van der Waals surface area contributed by atoms with Crippen molar-refractivity contribution in [1.29, 1.82) is 0 Å². The largest absolute Gasteiger partial charge is 0.454 e. The van der Waals surface area contributed by atoms with E-state index in [0.717, 1.165) is 29.9 Å². The molecule has 1 aromatic heterocycles. The molecule has 0 N–H and O–H groups in total. The fourth-order valence-corrected chi connectivity index (χ4v) is 3.67. The average molecular weight is 412 g/mol. The second-order valence-electron chi connectivity index (χ2n) is 7.48. The number of nitrogens with zero attached hydrogens (tertiary/aromatic N) is 2. The molecule has 0 saturated heterocycles. The number of hydrogen-bond acceptors (Lipinski definition) is 4. The van der Waals surface area contributed by atoms with Crippen molar-refractivity contribution in [3.05, 3.63) is 95.3 Å². The lowest BCUT2D eigenvalue weighted by Gasteiger charge is -2.07. The summed E-state index contributed by atoms with van der Waals surface area (Å²) in [4.78, 5) is 29.5. The standard InChI is InChI=1S/C26H24N2O3/c1-3-7-19-10-12-20(13-11-19)25(29)17-31-26(30)21-14-15-24-23(16-21)27-18(2)28(24)22-8-5-4-6-9-22/h4-6,8-16H,3,7,17H2,1-2H3. The van der Waals surface area contributed by atoms with Crippen LogP contribution in [0.1, 0.15) is 45.4 Å². The molecule has 0 fully saturated rings. The molecule has 5 heteroatoms. The molecule has 0 aliphatic rings. The van der Waals surface area contributed by atoms with Gasteiger partial charge in [0, 0.05) is 11.3 Å². The van der Waals surface area contributed by atoms with Crippen LogP contribution in [-0.2, 0) is 11.2 Å². The molecule has 0 spiro atoms. The highest BCUT2D eigenvalue weighted by molar-refractivity contribution is 6.00. The smallest absolute Gasteiger partial charge is 0.338 e. The van der Waals surface area contributed by atoms with E-state index in [1.807, 2.05) is 60.0 Å². The van der Waals surface area contributed by atoms with Crippen molar-refractivity contribution in [3.63, 3.8) is 0 Å². The van der Waals surface area contributed by atoms with Gasteiger partial charge in [-0.3, -0.25) is 9.36 Å². The van der Waals surface area contributed by atoms with Gasteiger partial charge in [0.1, 0.15) is 5.82 Å². The minimum atomic E-state index is -0.537. The van der Waals surface area contributed by atoms with Crippen LogP contribution < -0.4 is 0 Å². The van der Waals surface area contributed by atoms with Crippen LogP contribution in [0.2, 0.25) is 0 Å². The second kappa shape index (κ2) is 8.96. The Morgan fingerprint density at radius 3 is 2.35 bits per heavy atom. The van der Waals surface area contributed by atoms with Crippen molar-refractivity contribution in [2.45, 2.75) is 26.7 Å². The maximum Gasteiger partial charge on any atom is 0.338 e. The van der Waals surface area contributed by atoms with Crippen LogP contribution in [0.4, 0.5) is 0 Å². The summed E-state index contributed by atoms with van der Waals surface area (Å²) in [7, 11) is 0. The van der Waals surface area contributed by atoms with Crippen LogP contribution in [0.5, 0.6) is 0 Å². The van der Waals surface area contributed by atoms with Gasteiger partial charge in [-0.25, -0.2) is 9.78 Å². The molecular weight excluding hydrogens is 388 g/mol. The summed E-state index contributed by atoms with van der Waals surface area (Å²) in [6, 6.07) is 22.6. The fourth-order valence-electron chi connectivity index (χ4n) is 3.67. The topological polar surface area (TPSA) is 61.2 Å². The van der Waals surface area contributed by atoms with Gasteiger partial charge in [0.05, 0.1) is 16.6 Å². The number of esters is 1. The van der Waals surface area contributed by atoms with E-state index in [0.29, 0.717) is 16.6 Å². The third-order valence-corrected chi connectivity index (χ3v) is 5.22. The highest BCUT2D eigenvalue weighted by Gasteiger charge is 2.15. The zero-order valence-corrected chi connectivity index (χ0v) is 17.7. The van der Waals surface area contributed by atoms with Gasteiger partial charge in [-0.15, -0.1) is 0 Å². The Hall–Kier alpha value is -3.73. The zero-order chi connectivity index (χ0) is 21.8. The lowest BCUT2D eigenvalue weighted by molar-refractivity contribution is 0.0475. The molecule has 1 heterocycles. The Kier molecular flexibility index (Phi) is 5.94. The van der Waals surface area contributed by atoms with E-state index >= 15 is 0 Å². The van der Waals surface area contributed by atoms with Crippen molar-refractivity contribution in [2.75, 3.05) is 6.61 Å². The first-order valence-corrected chi connectivity index (χ1v) is 10.4. The molecule has 0 amide bonds. The van der Waals surface area contributed by atoms with Crippen LogP contribution in [0, 0.1) is 6.92 Å². The van der Waals surface area contributed by atoms with Crippen LogP contribution in [-0.4, -0.2) is 27.9 Å². The first-order chi connectivity index (χ1) is 15.1. The number of Topliss-reactive ketones (excluding diaryl/α,β-unsaturated/α-hetero) is 1. The number of imidazole rings is 1. The number of aryl methyl sites for hydroxylation is 2. The minimum absolute atomic E-state index is 0.221. The molecule has 0 radical (unpaired) electrons. The van der Waals surface area contributed by atoms with Crippen LogP contribution in [0.15, 0.2) is 72.8 Å². The number of fused-ring (bicyclic) bond motifs is 1. The first kappa shape index (κ1) is 20.5. The molecular formula is C26H24N2O3. The predicted octanol–water partition coefficient (Wildman–Crippen LogP) is 5.33. The summed E-state index contributed by atoms with van der Waals surface area (Å²) in [5, 5.41) is 0. The highest BCUT2D eigenvalue weighted by atomic mass is 16.5. The van der Waals surface area contributed by atoms with Crippen molar-refractivity contribution in [2.24, 2.45) is 0 Å². The van der Waals surface area contributed by atoms with E-state index in [1.54, 1.807) is 24.3 Å². The number of hydrogen-bond donors (Lipinski definition) is 0. The normalized spacial score (nSPS) is 10.9. The van der Waals surface area contributed by atoms with E-state index < -0.39 is 5.97 Å². The lowest BCUT2D eigenvalue weighted by atomic mass is 10.1. The van der Waals surface area contributed by atoms with E-state index in [9.17, 15) is 9.59 Å². The highest BCUT2D eigenvalue weighted by Crippen LogP contribution is 2.22. The van der Waals surface area contributed by atoms with E-state index in [2.05, 4.69) is 11.9 Å². The Morgan fingerprint density at radius 2 is 1.65 bits per heavy atom. The SMILES string of the molecule is CCCc1ccc(C(=O)COC(=O)c2ccc3c(c2)nc(C)n3-c2ccccc2)cc1. The summed E-state index contributed by atoms with van der Waals surface area (Å²) in [6.45, 7) is 3.75. The third-order valence-electron chi connectivity index (χ3n) is 5.22. The Labute approximate surface area is 181 Å². The lowest BCUT2D eigenvalue weighted by Crippen LogP contribution is -2.14. The first-order valence-electron chi connectivity index (χ1n) is 10.4. The number of rotatable bonds is 7. The number of ketones is 1. The second-order valence-corrected chi connectivity index (χ2v) is 7.48. The summed E-state index contributed by atoms with van der Waals surface area (Å²) in [5.74, 6) is 0.0693. The Bertz CT molecular complexity index is 1220. The molecule has 0 unspecified atom stereocenters. The molecule has 0 bridgehead atoms. The molecule has 4 rings (SSSR count). The molecule has 4 aromatic rings. The Morgan fingerprint density at radius 1 is 0.935 bits per heavy atom. The fraction of sp³-hybridized carbons (Fsp3) is 0.192. The summed E-state index contributed by atoms with van der Waals surface area (Å²) in [5.41, 5.74) is 4.72. The van der Waals surface area contributed by atoms with Gasteiger partial charge in [-0.2, -0.15) is 0 Å². The predicted molar refractivity (Wildman–Crippen MR) is 121 cm³/mol. The van der Waals surface area contributed by atoms with Crippen LogP contribution >= 0.6 is 0 Å². The Balaban J connectivity index is 1.47. The number of ether oxygens (including phenoxy) is 1. The van der Waals surface area contributed by atoms with Gasteiger partial charge in [0.2, 0.25) is 0 Å². The van der Waals surface area contributed by atoms with Crippen LogP contribution in [0.3, 0.4) is 0 Å². The van der Waals surface area contributed by atoms with Gasteiger partial charge < -0.3 is 4.74 Å². The number of carbonyl (C=O) groups is 2. The molecule has 0 atom stereocenters. The molecule has 3 aromatic carbocycles. The number of carbonyl (C=O) groups excluding carboxylic acids is 2. The maximum absolute atomic E-state index is 12.5. The van der Waals surface area contributed by atoms with Crippen molar-refractivity contribution in [1.82, 2.24) is 9.55 Å². The quantitative estimate of drug-likeness (QED) is 0.304. The number of para-hydroxylation sites is 1. The molecule has 5 nitrogen and oxygen atoms in total. The molecule has 156 valence electrons. The summed E-state index contributed by atoms with van der Waals surface area (Å²) >= 11 is 0. The van der Waals surface area contributed by atoms with Gasteiger partial charge >= 0.3 is 5.97 Å². The average Bonchev–Trinajstić information content (AvgIpc) is 3.13. The maximum atomic E-state index is 12.5. The third kappa shape index (κ3) is 4.40. The van der Waals surface area contributed by atoms with E-state index in [1.165, 1.54) is 5.56 Å². The zero-order valence-electron chi connectivity index (χ0n) is 17.7. The molecule has 31 heavy (non-hydrogen) atoms. The van der Waals surface area contributed by atoms with Crippen molar-refractivity contribution in [3.8, 4) is 5.69 Å². The number of aromatic nitrogens is 2. The van der Waals surface area contributed by atoms with Gasteiger partial charge in [0.25, 0.3) is 0 Å². The molecule has 0 aliphatic heterocycles. The van der Waals surface area contributed by atoms with E-state index in [4.69, 9.17) is 4.74 Å². The molecule has 0 saturated carbocycles. The number of benzene rings is 3. The van der Waals surface area contributed by atoms with Gasteiger partial charge in [-0.1, -0.05) is 55.8 Å². The van der Waals surface area contributed by atoms with Gasteiger partial charge in [0.15, 0.2) is 12.4 Å². The molecule has 0 aliphatic carbocycles. The van der Waals surface area contributed by atoms with E-state index in [-0.39, 0.29) is 12.4 Å². The van der Waals surface area contributed by atoms with Crippen molar-refractivity contribution >= 4 is 22.8 Å². The monoisotopic (exact) mass is 412 g/mol. The van der Waals surface area contributed by atoms with Crippen LogP contribution in [0.25, 0.3) is 16.7 Å². The minimum Gasteiger partial charge on any atom is -0.454 e. The van der Waals surface area contributed by atoms with Crippen molar-refractivity contribution < 1.29 is 14.3 Å². The summed E-state index contributed by atoms with van der Waals surface area (Å²) < 4.78 is 7.31. The summed E-state index contributed by atoms with van der Waals surface area (Å²) in [6.07, 6.45) is 2.03.